The molecule has 42 heavy (non-hydrogen) atoms. The molecule has 1 aromatic carbocycles. The summed E-state index contributed by atoms with van der Waals surface area (Å²) in [5.74, 6) is 0.0455. The number of carbonyl (C=O) groups excluding carboxylic acids is 1. The maximum atomic E-state index is 12.3. The lowest BCUT2D eigenvalue weighted by Crippen LogP contribution is -2.58. The first-order valence-electron chi connectivity index (χ1n) is 15.2. The van der Waals surface area contributed by atoms with Crippen LogP contribution in [-0.4, -0.2) is 113 Å². The average Bonchev–Trinajstić information content (AvgIpc) is 3.43. The van der Waals surface area contributed by atoms with Crippen molar-refractivity contribution >= 4 is 34.8 Å². The fourth-order valence-electron chi connectivity index (χ4n) is 6.66. The molecule has 0 bridgehead atoms. The summed E-state index contributed by atoms with van der Waals surface area (Å²) in [7, 11) is 0. The average molecular weight is 601 g/mol. The lowest BCUT2D eigenvalue weighted by Gasteiger charge is -2.47. The molecule has 2 atom stereocenters. The van der Waals surface area contributed by atoms with E-state index in [-0.39, 0.29) is 35.9 Å². The van der Waals surface area contributed by atoms with Crippen molar-refractivity contribution in [2.45, 2.75) is 64.3 Å². The molecular formula is C30H45ClN8O3. The fraction of sp³-hybridized carbons (Fsp3) is 0.633. The Morgan fingerprint density at radius 3 is 2.57 bits per heavy atom. The molecule has 4 heterocycles. The second kappa shape index (κ2) is 13.7. The number of aryl methyl sites for hydroxylation is 1. The molecule has 0 saturated carbocycles. The summed E-state index contributed by atoms with van der Waals surface area (Å²) in [6.07, 6.45) is 3.87. The normalized spacial score (nSPS) is 22.6. The molecule has 0 spiro atoms. The van der Waals surface area contributed by atoms with E-state index < -0.39 is 5.91 Å². The molecule has 3 aliphatic heterocycles. The zero-order valence-corrected chi connectivity index (χ0v) is 25.6. The lowest BCUT2D eigenvalue weighted by atomic mass is 9.97. The standard InChI is InChI=1S/C30H45ClN8O3/c1-3-22-18-38(29-27(31)34-26(28(32)35-29)30(42)33-9-15-40)13-14-39(22)23-6-10-36(11-7-23)17-21-5-4-20(2)16-25(21)37-12-8-24(41)19-37/h4-5,16,22-24,40-41H,3,6-15,17-19H2,1-2H3,(H2,32,35)(H,33,42)/t22-,24+/m0/s1. The SMILES string of the molecule is CC[C@H]1CN(c2nc(N)c(C(=O)NCCO)nc2Cl)CCN1C1CCN(Cc2ccc(C)cc2N2CC[C@@H](O)C2)CC1. The van der Waals surface area contributed by atoms with Crippen LogP contribution >= 0.6 is 11.6 Å². The summed E-state index contributed by atoms with van der Waals surface area (Å²) >= 11 is 6.50. The van der Waals surface area contributed by atoms with Crippen molar-refractivity contribution in [2.24, 2.45) is 0 Å². The number of aliphatic hydroxyl groups is 2. The van der Waals surface area contributed by atoms with Crippen molar-refractivity contribution in [3.05, 3.63) is 40.2 Å². The number of halogens is 1. The van der Waals surface area contributed by atoms with E-state index in [9.17, 15) is 9.90 Å². The second-order valence-corrected chi connectivity index (χ2v) is 12.2. The molecule has 3 fully saturated rings. The third-order valence-corrected chi connectivity index (χ3v) is 9.19. The van der Waals surface area contributed by atoms with E-state index in [0.717, 1.165) is 78.0 Å². The number of hydrogen-bond acceptors (Lipinski definition) is 10. The number of aliphatic hydroxyl groups excluding tert-OH is 2. The van der Waals surface area contributed by atoms with Crippen molar-refractivity contribution in [1.29, 1.82) is 0 Å². The van der Waals surface area contributed by atoms with Gasteiger partial charge in [0.1, 0.15) is 0 Å². The minimum absolute atomic E-state index is 0.0228. The Morgan fingerprint density at radius 2 is 1.88 bits per heavy atom. The highest BCUT2D eigenvalue weighted by Gasteiger charge is 2.35. The number of nitrogens with one attached hydrogen (secondary N) is 1. The highest BCUT2D eigenvalue weighted by molar-refractivity contribution is 6.32. The van der Waals surface area contributed by atoms with Crippen LogP contribution in [0.3, 0.4) is 0 Å². The Labute approximate surface area is 253 Å². The molecule has 0 aliphatic carbocycles. The molecule has 3 saturated heterocycles. The second-order valence-electron chi connectivity index (χ2n) is 11.8. The minimum atomic E-state index is -0.501. The largest absolute Gasteiger partial charge is 0.395 e. The Bertz CT molecular complexity index is 1240. The van der Waals surface area contributed by atoms with Crippen molar-refractivity contribution in [3.63, 3.8) is 0 Å². The number of likely N-dealkylation sites (tertiary alicyclic amines) is 1. The zero-order valence-electron chi connectivity index (χ0n) is 24.8. The summed E-state index contributed by atoms with van der Waals surface area (Å²) < 4.78 is 0. The van der Waals surface area contributed by atoms with E-state index in [1.165, 1.54) is 16.8 Å². The van der Waals surface area contributed by atoms with Crippen LogP contribution in [0.4, 0.5) is 17.3 Å². The van der Waals surface area contributed by atoms with Crippen molar-refractivity contribution < 1.29 is 15.0 Å². The molecular weight excluding hydrogens is 556 g/mol. The molecule has 1 aromatic heterocycles. The van der Waals surface area contributed by atoms with Crippen molar-refractivity contribution in [2.75, 3.05) is 74.5 Å². The lowest BCUT2D eigenvalue weighted by molar-refractivity contribution is 0.0611. The number of piperidine rings is 1. The summed E-state index contributed by atoms with van der Waals surface area (Å²) in [6, 6.07) is 7.63. The van der Waals surface area contributed by atoms with Crippen LogP contribution in [0.1, 0.15) is 54.2 Å². The maximum absolute atomic E-state index is 12.3. The maximum Gasteiger partial charge on any atom is 0.273 e. The van der Waals surface area contributed by atoms with E-state index >= 15 is 0 Å². The third-order valence-electron chi connectivity index (χ3n) is 8.94. The van der Waals surface area contributed by atoms with E-state index in [4.69, 9.17) is 22.4 Å². The van der Waals surface area contributed by atoms with E-state index in [2.05, 4.69) is 66.9 Å². The van der Waals surface area contributed by atoms with Gasteiger partial charge in [-0.05, 0) is 62.9 Å². The summed E-state index contributed by atoms with van der Waals surface area (Å²) in [5, 5.41) is 21.8. The minimum Gasteiger partial charge on any atom is -0.395 e. The number of amides is 1. The van der Waals surface area contributed by atoms with Crippen LogP contribution in [-0.2, 0) is 6.54 Å². The van der Waals surface area contributed by atoms with Gasteiger partial charge in [-0.15, -0.1) is 0 Å². The zero-order chi connectivity index (χ0) is 29.8. The number of benzene rings is 1. The number of rotatable bonds is 9. The molecule has 1 amide bonds. The van der Waals surface area contributed by atoms with Crippen LogP contribution in [0, 0.1) is 6.92 Å². The van der Waals surface area contributed by atoms with Gasteiger partial charge in [-0.25, -0.2) is 9.97 Å². The summed E-state index contributed by atoms with van der Waals surface area (Å²) in [4.78, 5) is 30.7. The first-order chi connectivity index (χ1) is 20.3. The van der Waals surface area contributed by atoms with Gasteiger partial charge in [-0.2, -0.15) is 0 Å². The highest BCUT2D eigenvalue weighted by atomic mass is 35.5. The number of nitrogens with two attached hydrogens (primary N) is 1. The fourth-order valence-corrected chi connectivity index (χ4v) is 6.90. The monoisotopic (exact) mass is 600 g/mol. The van der Waals surface area contributed by atoms with Gasteiger partial charge in [-0.1, -0.05) is 30.7 Å². The molecule has 12 heteroatoms. The molecule has 3 aliphatic rings. The smallest absolute Gasteiger partial charge is 0.273 e. The van der Waals surface area contributed by atoms with E-state index in [1.54, 1.807) is 0 Å². The molecule has 2 aromatic rings. The van der Waals surface area contributed by atoms with E-state index in [0.29, 0.717) is 17.9 Å². The predicted octanol–water partition coefficient (Wildman–Crippen LogP) is 1.88. The first kappa shape index (κ1) is 30.7. The number of β-amino-alcohol motifs (C(OH)–C–C–N with tert-alkyl or cyclic N) is 1. The van der Waals surface area contributed by atoms with Gasteiger partial charge in [0, 0.05) is 63.6 Å². The van der Waals surface area contributed by atoms with Gasteiger partial charge in [0.15, 0.2) is 22.5 Å². The molecule has 11 nitrogen and oxygen atoms in total. The van der Waals surface area contributed by atoms with Gasteiger partial charge in [0.05, 0.1) is 12.7 Å². The van der Waals surface area contributed by atoms with Gasteiger partial charge >= 0.3 is 0 Å². The number of nitrogens with zero attached hydrogens (tertiary/aromatic N) is 6. The number of carbonyl (C=O) groups is 1. The molecule has 230 valence electrons. The Balaban J connectivity index is 1.18. The number of hydrogen-bond donors (Lipinski definition) is 4. The van der Waals surface area contributed by atoms with Crippen molar-refractivity contribution in [3.8, 4) is 0 Å². The van der Waals surface area contributed by atoms with Gasteiger partial charge in [-0.3, -0.25) is 14.6 Å². The van der Waals surface area contributed by atoms with Crippen LogP contribution in [0.2, 0.25) is 5.15 Å². The predicted molar refractivity (Wildman–Crippen MR) is 166 cm³/mol. The highest BCUT2D eigenvalue weighted by Crippen LogP contribution is 2.31. The summed E-state index contributed by atoms with van der Waals surface area (Å²) in [5.41, 5.74) is 9.96. The van der Waals surface area contributed by atoms with Gasteiger partial charge in [0.25, 0.3) is 5.91 Å². The quantitative estimate of drug-likeness (QED) is 0.338. The first-order valence-corrected chi connectivity index (χ1v) is 15.6. The Hall–Kier alpha value is -2.70. The van der Waals surface area contributed by atoms with E-state index in [1.807, 2.05) is 0 Å². The number of aromatic nitrogens is 2. The third kappa shape index (κ3) is 6.92. The topological polar surface area (TPSA) is 134 Å². The van der Waals surface area contributed by atoms with Crippen LogP contribution in [0.15, 0.2) is 18.2 Å². The molecule has 0 radical (unpaired) electrons. The number of piperazine rings is 1. The molecule has 5 rings (SSSR count). The number of nitrogen functional groups attached to an aromatic ring is 1. The number of anilines is 3. The van der Waals surface area contributed by atoms with Crippen molar-refractivity contribution in [1.82, 2.24) is 25.1 Å². The van der Waals surface area contributed by atoms with Crippen LogP contribution in [0.25, 0.3) is 0 Å². The molecule has 0 unspecified atom stereocenters. The van der Waals surface area contributed by atoms with Crippen LogP contribution in [0.5, 0.6) is 0 Å². The van der Waals surface area contributed by atoms with Gasteiger partial charge in [0.2, 0.25) is 0 Å². The van der Waals surface area contributed by atoms with Crippen LogP contribution < -0.4 is 20.9 Å². The molecule has 5 N–H and O–H groups in total. The summed E-state index contributed by atoms with van der Waals surface area (Å²) in [6.45, 7) is 11.4. The Morgan fingerprint density at radius 1 is 1.10 bits per heavy atom. The Kier molecular flexibility index (Phi) is 10.1. The van der Waals surface area contributed by atoms with Gasteiger partial charge < -0.3 is 31.1 Å².